The third-order valence-electron chi connectivity index (χ3n) is 3.38. The Hall–Kier alpha value is -2.12. The molecule has 1 heterocycles. The lowest BCUT2D eigenvalue weighted by molar-refractivity contribution is -0.113. The molecule has 0 aliphatic carbocycles. The number of hydrogen-bond donors (Lipinski definition) is 1. The summed E-state index contributed by atoms with van der Waals surface area (Å²) in [5, 5.41) is 3.22. The van der Waals surface area contributed by atoms with Crippen LogP contribution in [0.4, 0.5) is 10.1 Å². The molecule has 0 saturated carbocycles. The van der Waals surface area contributed by atoms with Crippen molar-refractivity contribution in [2.24, 2.45) is 0 Å². The number of thioether (sulfide) groups is 1. The van der Waals surface area contributed by atoms with E-state index in [2.05, 4.69) is 26.2 Å². The molecular weight excluding hydrogens is 407 g/mol. The molecule has 1 N–H and O–H groups in total. The molecule has 3 aromatic rings. The van der Waals surface area contributed by atoms with Crippen molar-refractivity contribution in [3.8, 4) is 11.3 Å². The van der Waals surface area contributed by atoms with Gasteiger partial charge in [-0.3, -0.25) is 4.79 Å². The van der Waals surface area contributed by atoms with E-state index in [0.29, 0.717) is 11.0 Å². The van der Waals surface area contributed by atoms with Gasteiger partial charge in [-0.15, -0.1) is 0 Å². The normalized spacial score (nSPS) is 10.7. The van der Waals surface area contributed by atoms with Crippen LogP contribution in [0, 0.1) is 12.7 Å². The van der Waals surface area contributed by atoms with Gasteiger partial charge in [-0.2, -0.15) is 0 Å². The van der Waals surface area contributed by atoms with Gasteiger partial charge < -0.3 is 9.73 Å². The summed E-state index contributed by atoms with van der Waals surface area (Å²) in [5.41, 5.74) is 2.52. The fourth-order valence-corrected chi connectivity index (χ4v) is 2.97. The number of nitrogens with one attached hydrogen (secondary N) is 1. The van der Waals surface area contributed by atoms with Crippen LogP contribution in [0.1, 0.15) is 5.56 Å². The summed E-state index contributed by atoms with van der Waals surface area (Å²) < 4.78 is 19.5. The molecule has 0 fully saturated rings. The van der Waals surface area contributed by atoms with Gasteiger partial charge >= 0.3 is 0 Å². The van der Waals surface area contributed by atoms with Crippen molar-refractivity contribution in [1.82, 2.24) is 4.98 Å². The van der Waals surface area contributed by atoms with Gasteiger partial charge in [0, 0.05) is 15.7 Å². The second kappa shape index (κ2) is 7.84. The fourth-order valence-electron chi connectivity index (χ4n) is 2.12. The predicted molar refractivity (Wildman–Crippen MR) is 100 cm³/mol. The maximum Gasteiger partial charge on any atom is 0.256 e. The fraction of sp³-hybridized carbons (Fsp3) is 0.111. The van der Waals surface area contributed by atoms with Crippen LogP contribution in [0.3, 0.4) is 0 Å². The highest BCUT2D eigenvalue weighted by atomic mass is 79.9. The molecule has 1 aromatic heterocycles. The summed E-state index contributed by atoms with van der Waals surface area (Å²) in [4.78, 5) is 16.2. The highest BCUT2D eigenvalue weighted by Gasteiger charge is 2.10. The third kappa shape index (κ3) is 4.70. The van der Waals surface area contributed by atoms with Crippen molar-refractivity contribution in [3.05, 3.63) is 64.5 Å². The van der Waals surface area contributed by atoms with Crippen LogP contribution in [0.15, 0.2) is 62.8 Å². The van der Waals surface area contributed by atoms with Gasteiger partial charge in [0.05, 0.1) is 11.9 Å². The second-order valence-corrected chi connectivity index (χ2v) is 7.08. The number of halogens is 2. The van der Waals surface area contributed by atoms with Crippen LogP contribution in [0.25, 0.3) is 11.3 Å². The van der Waals surface area contributed by atoms with E-state index in [4.69, 9.17) is 4.42 Å². The summed E-state index contributed by atoms with van der Waals surface area (Å²) >= 11 is 4.62. The molecule has 0 atom stereocenters. The summed E-state index contributed by atoms with van der Waals surface area (Å²) in [6.07, 6.45) is 1.56. The second-order valence-electron chi connectivity index (χ2n) is 5.30. The number of hydrogen-bond acceptors (Lipinski definition) is 4. The molecule has 0 aliphatic rings. The van der Waals surface area contributed by atoms with Crippen LogP contribution >= 0.6 is 27.7 Å². The lowest BCUT2D eigenvalue weighted by Gasteiger charge is -2.06. The van der Waals surface area contributed by atoms with Gasteiger partial charge in [0.25, 0.3) is 5.22 Å². The zero-order chi connectivity index (χ0) is 17.8. The van der Waals surface area contributed by atoms with Crippen molar-refractivity contribution in [2.45, 2.75) is 12.1 Å². The van der Waals surface area contributed by atoms with Crippen LogP contribution < -0.4 is 5.32 Å². The standard InChI is InChI=1S/C18H14BrFN2O2S/c1-11-8-14(6-7-15(11)19)22-17(23)10-25-18-21-9-16(24-18)12-2-4-13(20)5-3-12/h2-9H,10H2,1H3,(H,22,23). The topological polar surface area (TPSA) is 55.1 Å². The first kappa shape index (κ1) is 17.7. The Bertz CT molecular complexity index is 896. The van der Waals surface area contributed by atoms with E-state index in [-0.39, 0.29) is 17.5 Å². The zero-order valence-electron chi connectivity index (χ0n) is 13.3. The minimum atomic E-state index is -0.308. The SMILES string of the molecule is Cc1cc(NC(=O)CSc2ncc(-c3ccc(F)cc3)o2)ccc1Br. The molecular formula is C18H14BrFN2O2S. The number of aryl methyl sites for hydroxylation is 1. The van der Waals surface area contributed by atoms with Crippen LogP contribution in [0.5, 0.6) is 0 Å². The molecule has 0 radical (unpaired) electrons. The van der Waals surface area contributed by atoms with Crippen molar-refractivity contribution >= 4 is 39.3 Å². The van der Waals surface area contributed by atoms with E-state index >= 15 is 0 Å². The van der Waals surface area contributed by atoms with Gasteiger partial charge in [-0.05, 0) is 55.0 Å². The molecule has 0 spiro atoms. The number of aromatic nitrogens is 1. The van der Waals surface area contributed by atoms with E-state index in [9.17, 15) is 9.18 Å². The number of oxazole rings is 1. The summed E-state index contributed by atoms with van der Waals surface area (Å²) in [6.45, 7) is 1.96. The lowest BCUT2D eigenvalue weighted by Crippen LogP contribution is -2.14. The molecule has 0 bridgehead atoms. The summed E-state index contributed by atoms with van der Waals surface area (Å²) in [5.74, 6) is 0.260. The monoisotopic (exact) mass is 420 g/mol. The number of amides is 1. The van der Waals surface area contributed by atoms with E-state index in [1.54, 1.807) is 18.3 Å². The van der Waals surface area contributed by atoms with Crippen LogP contribution in [-0.2, 0) is 4.79 Å². The van der Waals surface area contributed by atoms with E-state index in [1.165, 1.54) is 23.9 Å². The Morgan fingerprint density at radius 2 is 2.04 bits per heavy atom. The first-order chi connectivity index (χ1) is 12.0. The average molecular weight is 421 g/mol. The summed E-state index contributed by atoms with van der Waals surface area (Å²) in [6, 6.07) is 11.6. The van der Waals surface area contributed by atoms with Crippen molar-refractivity contribution in [2.75, 3.05) is 11.1 Å². The third-order valence-corrected chi connectivity index (χ3v) is 5.11. The average Bonchev–Trinajstić information content (AvgIpc) is 3.06. The molecule has 0 unspecified atom stereocenters. The van der Waals surface area contributed by atoms with Crippen molar-refractivity contribution in [1.29, 1.82) is 0 Å². The maximum atomic E-state index is 12.9. The predicted octanol–water partition coefficient (Wildman–Crippen LogP) is 5.28. The minimum Gasteiger partial charge on any atom is -0.431 e. The highest BCUT2D eigenvalue weighted by molar-refractivity contribution is 9.10. The quantitative estimate of drug-likeness (QED) is 0.570. The van der Waals surface area contributed by atoms with E-state index < -0.39 is 0 Å². The first-order valence-electron chi connectivity index (χ1n) is 7.42. The molecule has 3 rings (SSSR count). The number of anilines is 1. The van der Waals surface area contributed by atoms with Gasteiger partial charge in [-0.1, -0.05) is 27.7 Å². The van der Waals surface area contributed by atoms with Gasteiger partial charge in [0.15, 0.2) is 5.76 Å². The molecule has 0 saturated heterocycles. The number of nitrogens with zero attached hydrogens (tertiary/aromatic N) is 1. The Balaban J connectivity index is 1.57. The largest absolute Gasteiger partial charge is 0.431 e. The highest BCUT2D eigenvalue weighted by Crippen LogP contribution is 2.26. The first-order valence-corrected chi connectivity index (χ1v) is 9.20. The Morgan fingerprint density at radius 3 is 2.76 bits per heavy atom. The van der Waals surface area contributed by atoms with Crippen LogP contribution in [0.2, 0.25) is 0 Å². The smallest absolute Gasteiger partial charge is 0.256 e. The van der Waals surface area contributed by atoms with Gasteiger partial charge in [-0.25, -0.2) is 9.37 Å². The number of rotatable bonds is 5. The molecule has 128 valence electrons. The number of carbonyl (C=O) groups excluding carboxylic acids is 1. The van der Waals surface area contributed by atoms with Crippen LogP contribution in [-0.4, -0.2) is 16.6 Å². The molecule has 4 nitrogen and oxygen atoms in total. The van der Waals surface area contributed by atoms with Crippen molar-refractivity contribution in [3.63, 3.8) is 0 Å². The number of carbonyl (C=O) groups is 1. The molecule has 25 heavy (non-hydrogen) atoms. The Morgan fingerprint density at radius 1 is 1.28 bits per heavy atom. The molecule has 1 amide bonds. The van der Waals surface area contributed by atoms with E-state index in [0.717, 1.165) is 21.3 Å². The Kier molecular flexibility index (Phi) is 5.55. The van der Waals surface area contributed by atoms with Crippen molar-refractivity contribution < 1.29 is 13.6 Å². The number of benzene rings is 2. The van der Waals surface area contributed by atoms with Gasteiger partial charge in [0.2, 0.25) is 5.91 Å². The minimum absolute atomic E-state index is 0.145. The summed E-state index contributed by atoms with van der Waals surface area (Å²) in [7, 11) is 0. The lowest BCUT2D eigenvalue weighted by atomic mass is 10.2. The van der Waals surface area contributed by atoms with E-state index in [1.807, 2.05) is 25.1 Å². The molecule has 0 aliphatic heterocycles. The molecule has 2 aromatic carbocycles. The molecule has 7 heteroatoms. The zero-order valence-corrected chi connectivity index (χ0v) is 15.7. The Labute approximate surface area is 157 Å². The maximum absolute atomic E-state index is 12.9. The van der Waals surface area contributed by atoms with Gasteiger partial charge in [0.1, 0.15) is 5.82 Å².